The Morgan fingerprint density at radius 3 is 2.21 bits per heavy atom. The van der Waals surface area contributed by atoms with Crippen LogP contribution in [0.25, 0.3) is 0 Å². The molecule has 0 aliphatic carbocycles. The molecule has 0 aliphatic rings. The van der Waals surface area contributed by atoms with Gasteiger partial charge in [-0.25, -0.2) is 4.79 Å². The van der Waals surface area contributed by atoms with Crippen LogP contribution in [-0.2, 0) is 29.2 Å². The zero-order valence-corrected chi connectivity index (χ0v) is 17.4. The third-order valence-electron chi connectivity index (χ3n) is 4.56. The smallest absolute Gasteiger partial charge is 0.315 e. The van der Waals surface area contributed by atoms with Gasteiger partial charge in [0.15, 0.2) is 0 Å². The second kappa shape index (κ2) is 11.9. The highest BCUT2D eigenvalue weighted by molar-refractivity contribution is 5.87. The molecule has 0 spiro atoms. The van der Waals surface area contributed by atoms with Crippen LogP contribution in [0.5, 0.6) is 0 Å². The summed E-state index contributed by atoms with van der Waals surface area (Å²) in [4.78, 5) is 25.0. The summed E-state index contributed by atoms with van der Waals surface area (Å²) in [6.07, 6.45) is 0. The lowest BCUT2D eigenvalue weighted by Gasteiger charge is -2.22. The number of nitrogens with one attached hydrogen (secondary N) is 3. The van der Waals surface area contributed by atoms with Crippen LogP contribution >= 0.6 is 0 Å². The first-order valence-electron chi connectivity index (χ1n) is 10.0. The van der Waals surface area contributed by atoms with Gasteiger partial charge in [-0.2, -0.15) is 0 Å². The summed E-state index contributed by atoms with van der Waals surface area (Å²) in [6.45, 7) is 7.71. The Bertz CT molecular complexity index is 778. The Hall–Kier alpha value is -2.86. The first-order chi connectivity index (χ1) is 14.0. The van der Waals surface area contributed by atoms with Crippen molar-refractivity contribution in [3.63, 3.8) is 0 Å². The van der Waals surface area contributed by atoms with E-state index in [1.165, 1.54) is 0 Å². The van der Waals surface area contributed by atoms with E-state index in [1.54, 1.807) is 0 Å². The van der Waals surface area contributed by atoms with Crippen molar-refractivity contribution in [1.82, 2.24) is 16.0 Å². The summed E-state index contributed by atoms with van der Waals surface area (Å²) in [7, 11) is 0. The van der Waals surface area contributed by atoms with E-state index in [0.29, 0.717) is 26.3 Å². The number of hydrogen-bond acceptors (Lipinski definition) is 3. The summed E-state index contributed by atoms with van der Waals surface area (Å²) < 4.78 is 5.49. The molecule has 0 radical (unpaired) electrons. The molecule has 3 amide bonds. The third kappa shape index (κ3) is 7.58. The zero-order valence-electron chi connectivity index (χ0n) is 17.4. The second-order valence-electron chi connectivity index (χ2n) is 7.16. The molecule has 3 N–H and O–H groups in total. The van der Waals surface area contributed by atoms with Crippen LogP contribution in [-0.4, -0.2) is 24.6 Å². The summed E-state index contributed by atoms with van der Waals surface area (Å²) in [5.74, 6) is -0.253. The molecule has 0 aliphatic heterocycles. The zero-order chi connectivity index (χ0) is 21.1. The predicted molar refractivity (Wildman–Crippen MR) is 114 cm³/mol. The van der Waals surface area contributed by atoms with E-state index >= 15 is 0 Å². The van der Waals surface area contributed by atoms with Crippen LogP contribution in [0.15, 0.2) is 54.6 Å². The van der Waals surface area contributed by atoms with E-state index in [1.807, 2.05) is 75.4 Å². The third-order valence-corrected chi connectivity index (χ3v) is 4.56. The van der Waals surface area contributed by atoms with Crippen molar-refractivity contribution in [2.75, 3.05) is 6.61 Å². The fraction of sp³-hybridized carbons (Fsp3) is 0.391. The van der Waals surface area contributed by atoms with Gasteiger partial charge in [-0.15, -0.1) is 0 Å². The van der Waals surface area contributed by atoms with Crippen LogP contribution in [0.1, 0.15) is 37.5 Å². The second-order valence-corrected chi connectivity index (χ2v) is 7.16. The van der Waals surface area contributed by atoms with Crippen molar-refractivity contribution in [1.29, 1.82) is 0 Å². The molecular weight excluding hydrogens is 366 g/mol. The van der Waals surface area contributed by atoms with Crippen molar-refractivity contribution in [2.45, 2.75) is 46.5 Å². The van der Waals surface area contributed by atoms with E-state index in [-0.39, 0.29) is 17.9 Å². The molecule has 1 atom stereocenters. The van der Waals surface area contributed by atoms with Gasteiger partial charge in [-0.3, -0.25) is 4.79 Å². The average Bonchev–Trinajstić information content (AvgIpc) is 2.74. The molecule has 156 valence electrons. The molecule has 2 aromatic rings. The molecule has 0 aromatic heterocycles. The maximum atomic E-state index is 12.7. The van der Waals surface area contributed by atoms with Crippen LogP contribution in [0.4, 0.5) is 4.79 Å². The van der Waals surface area contributed by atoms with Crippen LogP contribution < -0.4 is 16.0 Å². The van der Waals surface area contributed by atoms with Gasteiger partial charge in [-0.05, 0) is 29.5 Å². The summed E-state index contributed by atoms with van der Waals surface area (Å²) >= 11 is 0. The Morgan fingerprint density at radius 2 is 1.55 bits per heavy atom. The lowest BCUT2D eigenvalue weighted by molar-refractivity contribution is -0.124. The van der Waals surface area contributed by atoms with E-state index < -0.39 is 6.04 Å². The van der Waals surface area contributed by atoms with Crippen LogP contribution in [0.3, 0.4) is 0 Å². The average molecular weight is 398 g/mol. The van der Waals surface area contributed by atoms with Gasteiger partial charge in [0.05, 0.1) is 6.61 Å². The topological polar surface area (TPSA) is 79.5 Å². The highest BCUT2D eigenvalue weighted by atomic mass is 16.5. The Balaban J connectivity index is 1.89. The van der Waals surface area contributed by atoms with Crippen molar-refractivity contribution < 1.29 is 14.3 Å². The molecule has 0 fully saturated rings. The summed E-state index contributed by atoms with van der Waals surface area (Å²) in [5.41, 5.74) is 3.05. The maximum Gasteiger partial charge on any atom is 0.315 e. The number of benzene rings is 2. The number of carbonyl (C=O) groups is 2. The number of hydrogen-bond donors (Lipinski definition) is 3. The first-order valence-corrected chi connectivity index (χ1v) is 10.0. The number of urea groups is 1. The molecule has 1 unspecified atom stereocenters. The van der Waals surface area contributed by atoms with Crippen LogP contribution in [0.2, 0.25) is 0 Å². The van der Waals surface area contributed by atoms with Gasteiger partial charge < -0.3 is 20.7 Å². The van der Waals surface area contributed by atoms with E-state index in [4.69, 9.17) is 4.74 Å². The quantitative estimate of drug-likeness (QED) is 0.575. The van der Waals surface area contributed by atoms with Gasteiger partial charge in [0.2, 0.25) is 5.91 Å². The van der Waals surface area contributed by atoms with Gasteiger partial charge in [0.1, 0.15) is 6.04 Å². The minimum Gasteiger partial charge on any atom is -0.377 e. The van der Waals surface area contributed by atoms with Crippen molar-refractivity contribution in [2.24, 2.45) is 5.92 Å². The highest BCUT2D eigenvalue weighted by Crippen LogP contribution is 2.11. The SMILES string of the molecule is CCOCc1ccccc1CNC(=O)C(NC(=O)NCc1ccccc1)C(C)C. The molecule has 2 aromatic carbocycles. The van der Waals surface area contributed by atoms with E-state index in [0.717, 1.165) is 16.7 Å². The minimum absolute atomic E-state index is 0.0452. The molecule has 0 bridgehead atoms. The van der Waals surface area contributed by atoms with E-state index in [2.05, 4.69) is 16.0 Å². The van der Waals surface area contributed by atoms with Crippen molar-refractivity contribution in [3.8, 4) is 0 Å². The molecule has 6 nitrogen and oxygen atoms in total. The fourth-order valence-corrected chi connectivity index (χ4v) is 2.88. The van der Waals surface area contributed by atoms with Gasteiger partial charge in [-0.1, -0.05) is 68.4 Å². The summed E-state index contributed by atoms with van der Waals surface area (Å²) in [6, 6.07) is 16.5. The van der Waals surface area contributed by atoms with Gasteiger partial charge >= 0.3 is 6.03 Å². The molecule has 2 rings (SSSR count). The first kappa shape index (κ1) is 22.4. The van der Waals surface area contributed by atoms with Gasteiger partial charge in [0, 0.05) is 19.7 Å². The summed E-state index contributed by atoms with van der Waals surface area (Å²) in [5, 5.41) is 8.52. The molecule has 29 heavy (non-hydrogen) atoms. The van der Waals surface area contributed by atoms with Crippen molar-refractivity contribution >= 4 is 11.9 Å². The molecule has 6 heteroatoms. The standard InChI is InChI=1S/C23H31N3O3/c1-4-29-16-20-13-9-8-12-19(20)15-24-22(27)21(17(2)3)26-23(28)25-14-18-10-6-5-7-11-18/h5-13,17,21H,4,14-16H2,1-3H3,(H,24,27)(H2,25,26,28). The van der Waals surface area contributed by atoms with Gasteiger partial charge in [0.25, 0.3) is 0 Å². The fourth-order valence-electron chi connectivity index (χ4n) is 2.88. The Kier molecular flexibility index (Phi) is 9.18. The molecule has 0 saturated heterocycles. The Labute approximate surface area is 173 Å². The lowest BCUT2D eigenvalue weighted by Crippen LogP contribution is -2.52. The number of amides is 3. The number of ether oxygens (including phenoxy) is 1. The van der Waals surface area contributed by atoms with Crippen molar-refractivity contribution in [3.05, 3.63) is 71.3 Å². The highest BCUT2D eigenvalue weighted by Gasteiger charge is 2.24. The van der Waals surface area contributed by atoms with E-state index in [9.17, 15) is 9.59 Å². The minimum atomic E-state index is -0.621. The number of rotatable bonds is 10. The largest absolute Gasteiger partial charge is 0.377 e. The van der Waals surface area contributed by atoms with Crippen LogP contribution in [0, 0.1) is 5.92 Å². The maximum absolute atomic E-state index is 12.7. The molecule has 0 heterocycles. The molecule has 0 saturated carbocycles. The monoisotopic (exact) mass is 397 g/mol. The number of carbonyl (C=O) groups excluding carboxylic acids is 2. The lowest BCUT2D eigenvalue weighted by atomic mass is 10.0. The predicted octanol–water partition coefficient (Wildman–Crippen LogP) is 3.36. The molecular formula is C23H31N3O3. The normalized spacial score (nSPS) is 11.7. The Morgan fingerprint density at radius 1 is 0.897 bits per heavy atom.